The molecule has 1 N–H and O–H groups in total. The molecule has 8 nitrogen and oxygen atoms in total. The highest BCUT2D eigenvalue weighted by atomic mass is 16.7. The van der Waals surface area contributed by atoms with E-state index in [1.54, 1.807) is 7.11 Å². The molecule has 1 fully saturated rings. The van der Waals surface area contributed by atoms with Gasteiger partial charge < -0.3 is 38.6 Å². The molecule has 0 spiro atoms. The molecule has 40 heavy (non-hydrogen) atoms. The molecule has 0 bridgehead atoms. The Balaban J connectivity index is 1.06. The van der Waals surface area contributed by atoms with Crippen molar-refractivity contribution in [1.29, 1.82) is 0 Å². The molecule has 3 aromatic rings. The molecule has 3 aromatic carbocycles. The van der Waals surface area contributed by atoms with Crippen molar-refractivity contribution in [3.8, 4) is 23.0 Å². The number of nitrogens with one attached hydrogen (secondary N) is 1. The highest BCUT2D eigenvalue weighted by Crippen LogP contribution is 2.36. The second-order valence-electron chi connectivity index (χ2n) is 10.5. The van der Waals surface area contributed by atoms with Crippen LogP contribution in [0.4, 0.5) is 5.69 Å². The lowest BCUT2D eigenvalue weighted by molar-refractivity contribution is 0.0106. The van der Waals surface area contributed by atoms with Gasteiger partial charge in [0.1, 0.15) is 24.7 Å². The first-order chi connectivity index (χ1) is 19.8. The Morgan fingerprint density at radius 2 is 1.75 bits per heavy atom. The number of hydrogen-bond donors (Lipinski definition) is 1. The number of rotatable bonds is 11. The van der Waals surface area contributed by atoms with Crippen molar-refractivity contribution in [2.45, 2.75) is 38.1 Å². The fourth-order valence-electron chi connectivity index (χ4n) is 5.62. The van der Waals surface area contributed by atoms with Gasteiger partial charge in [-0.05, 0) is 60.3 Å². The van der Waals surface area contributed by atoms with Crippen LogP contribution < -0.4 is 29.2 Å². The fourth-order valence-corrected chi connectivity index (χ4v) is 5.62. The minimum atomic E-state index is 0.106. The lowest BCUT2D eigenvalue weighted by Crippen LogP contribution is -2.41. The third-order valence-electron chi connectivity index (χ3n) is 7.81. The molecule has 0 aliphatic carbocycles. The van der Waals surface area contributed by atoms with E-state index in [-0.39, 0.29) is 12.9 Å². The zero-order valence-electron chi connectivity index (χ0n) is 23.1. The second-order valence-corrected chi connectivity index (χ2v) is 10.5. The van der Waals surface area contributed by atoms with Gasteiger partial charge in [-0.1, -0.05) is 30.3 Å². The van der Waals surface area contributed by atoms with Gasteiger partial charge in [0.2, 0.25) is 6.79 Å². The lowest BCUT2D eigenvalue weighted by atomic mass is 9.87. The number of anilines is 1. The van der Waals surface area contributed by atoms with Crippen molar-refractivity contribution >= 4 is 5.69 Å². The standard InChI is InChI=1S/C32H38N2O6/c1-35-15-2-13-34-14-16-36-29-9-5-24(17-28(29)34)21-38-32-19-33-12-11-27(32)25-6-3-23(4-7-25)20-37-26-8-10-30-31(18-26)40-22-39-30/h3-10,17-18,27,32-33H,2,11-16,19-22H2,1H3/t27-,32+/m1/s1. The Labute approximate surface area is 236 Å². The molecule has 0 amide bonds. The zero-order valence-corrected chi connectivity index (χ0v) is 23.1. The summed E-state index contributed by atoms with van der Waals surface area (Å²) in [7, 11) is 1.75. The van der Waals surface area contributed by atoms with Crippen molar-refractivity contribution < 1.29 is 28.4 Å². The quantitative estimate of drug-likeness (QED) is 0.341. The summed E-state index contributed by atoms with van der Waals surface area (Å²) < 4.78 is 34.5. The summed E-state index contributed by atoms with van der Waals surface area (Å²) in [5.41, 5.74) is 4.75. The number of nitrogens with zero attached hydrogens (tertiary/aromatic N) is 1. The van der Waals surface area contributed by atoms with Crippen LogP contribution in [0.5, 0.6) is 23.0 Å². The lowest BCUT2D eigenvalue weighted by Gasteiger charge is -2.33. The van der Waals surface area contributed by atoms with E-state index >= 15 is 0 Å². The maximum absolute atomic E-state index is 6.54. The molecule has 6 rings (SSSR count). The summed E-state index contributed by atoms with van der Waals surface area (Å²) >= 11 is 0. The molecule has 3 aliphatic rings. The number of ether oxygens (including phenoxy) is 6. The van der Waals surface area contributed by atoms with Gasteiger partial charge in [-0.2, -0.15) is 0 Å². The highest BCUT2D eigenvalue weighted by Gasteiger charge is 2.27. The highest BCUT2D eigenvalue weighted by molar-refractivity contribution is 5.61. The number of methoxy groups -OCH3 is 1. The van der Waals surface area contributed by atoms with Crippen LogP contribution in [0.2, 0.25) is 0 Å². The van der Waals surface area contributed by atoms with Gasteiger partial charge in [0.15, 0.2) is 11.5 Å². The van der Waals surface area contributed by atoms with E-state index in [1.807, 2.05) is 18.2 Å². The average molecular weight is 547 g/mol. The van der Waals surface area contributed by atoms with E-state index < -0.39 is 0 Å². The summed E-state index contributed by atoms with van der Waals surface area (Å²) in [6, 6.07) is 20.9. The molecule has 212 valence electrons. The molecular formula is C32H38N2O6. The van der Waals surface area contributed by atoms with Crippen LogP contribution in [0, 0.1) is 0 Å². The SMILES string of the molecule is COCCCN1CCOc2ccc(CO[C@H]3CNCC[C@@H]3c3ccc(COc4ccc5c(c4)OCO5)cc3)cc21. The number of benzene rings is 3. The van der Waals surface area contributed by atoms with Crippen LogP contribution in [0.3, 0.4) is 0 Å². The third kappa shape index (κ3) is 6.30. The van der Waals surface area contributed by atoms with Crippen molar-refractivity contribution in [2.75, 3.05) is 58.2 Å². The van der Waals surface area contributed by atoms with Gasteiger partial charge in [-0.3, -0.25) is 0 Å². The topological polar surface area (TPSA) is 70.7 Å². The first kappa shape index (κ1) is 26.7. The van der Waals surface area contributed by atoms with Gasteiger partial charge in [0.05, 0.1) is 24.9 Å². The Morgan fingerprint density at radius 1 is 0.900 bits per heavy atom. The third-order valence-corrected chi connectivity index (χ3v) is 7.81. The maximum atomic E-state index is 6.54. The van der Waals surface area contributed by atoms with E-state index in [0.29, 0.717) is 25.7 Å². The molecule has 0 aromatic heterocycles. The van der Waals surface area contributed by atoms with E-state index in [9.17, 15) is 0 Å². The number of fused-ring (bicyclic) bond motifs is 2. The van der Waals surface area contributed by atoms with Crippen LogP contribution in [-0.4, -0.2) is 59.4 Å². The molecule has 0 saturated carbocycles. The summed E-state index contributed by atoms with van der Waals surface area (Å²) in [6.07, 6.45) is 2.15. The van der Waals surface area contributed by atoms with Crippen LogP contribution in [-0.2, 0) is 22.7 Å². The first-order valence-electron chi connectivity index (χ1n) is 14.2. The van der Waals surface area contributed by atoms with Gasteiger partial charge >= 0.3 is 0 Å². The number of piperidine rings is 1. The zero-order chi connectivity index (χ0) is 27.1. The van der Waals surface area contributed by atoms with E-state index in [0.717, 1.165) is 79.9 Å². The predicted octanol–water partition coefficient (Wildman–Crippen LogP) is 4.89. The second kappa shape index (κ2) is 12.8. The fraction of sp³-hybridized carbons (Fsp3) is 0.438. The first-order valence-corrected chi connectivity index (χ1v) is 14.2. The minimum Gasteiger partial charge on any atom is -0.490 e. The molecule has 0 unspecified atom stereocenters. The molecule has 0 radical (unpaired) electrons. The van der Waals surface area contributed by atoms with Crippen LogP contribution >= 0.6 is 0 Å². The summed E-state index contributed by atoms with van der Waals surface area (Å²) in [6.45, 7) is 6.50. The average Bonchev–Trinajstić information content (AvgIpc) is 3.48. The maximum Gasteiger partial charge on any atom is 0.231 e. The van der Waals surface area contributed by atoms with Crippen molar-refractivity contribution in [3.05, 3.63) is 77.4 Å². The number of hydrogen-bond acceptors (Lipinski definition) is 8. The van der Waals surface area contributed by atoms with E-state index in [1.165, 1.54) is 11.1 Å². The largest absolute Gasteiger partial charge is 0.490 e. The molecule has 8 heteroatoms. The molecule has 2 atom stereocenters. The van der Waals surface area contributed by atoms with E-state index in [4.69, 9.17) is 28.4 Å². The van der Waals surface area contributed by atoms with Crippen molar-refractivity contribution in [2.24, 2.45) is 0 Å². The molecule has 3 aliphatic heterocycles. The van der Waals surface area contributed by atoms with Crippen LogP contribution in [0.15, 0.2) is 60.7 Å². The molecule has 3 heterocycles. The minimum absolute atomic E-state index is 0.106. The Hall–Kier alpha value is -3.46. The smallest absolute Gasteiger partial charge is 0.231 e. The predicted molar refractivity (Wildman–Crippen MR) is 153 cm³/mol. The monoisotopic (exact) mass is 546 g/mol. The molecule has 1 saturated heterocycles. The van der Waals surface area contributed by atoms with Crippen molar-refractivity contribution in [3.63, 3.8) is 0 Å². The van der Waals surface area contributed by atoms with Gasteiger partial charge in [-0.25, -0.2) is 0 Å². The Morgan fingerprint density at radius 3 is 2.65 bits per heavy atom. The van der Waals surface area contributed by atoms with E-state index in [2.05, 4.69) is 52.7 Å². The summed E-state index contributed by atoms with van der Waals surface area (Å²) in [5.74, 6) is 3.56. The van der Waals surface area contributed by atoms with Gasteiger partial charge in [-0.15, -0.1) is 0 Å². The van der Waals surface area contributed by atoms with Crippen molar-refractivity contribution in [1.82, 2.24) is 5.32 Å². The van der Waals surface area contributed by atoms with Crippen LogP contribution in [0.1, 0.15) is 35.4 Å². The Bertz CT molecular complexity index is 1270. The van der Waals surface area contributed by atoms with Gasteiger partial charge in [0, 0.05) is 38.8 Å². The Kier molecular flexibility index (Phi) is 8.56. The van der Waals surface area contributed by atoms with Gasteiger partial charge in [0.25, 0.3) is 0 Å². The summed E-state index contributed by atoms with van der Waals surface area (Å²) in [4.78, 5) is 2.39. The normalized spacial score (nSPS) is 19.7. The molecular weight excluding hydrogens is 508 g/mol. The summed E-state index contributed by atoms with van der Waals surface area (Å²) in [5, 5.41) is 3.52. The van der Waals surface area contributed by atoms with Crippen LogP contribution in [0.25, 0.3) is 0 Å².